The van der Waals surface area contributed by atoms with E-state index in [-0.39, 0.29) is 17.0 Å². The molecule has 7 fully saturated rings. The van der Waals surface area contributed by atoms with Gasteiger partial charge < -0.3 is 10.2 Å². The Morgan fingerprint density at radius 2 is 1.79 bits per heavy atom. The number of likely N-dealkylation sites (tertiary alicyclic amines) is 1. The van der Waals surface area contributed by atoms with Crippen molar-refractivity contribution in [2.75, 3.05) is 13.1 Å². The van der Waals surface area contributed by atoms with Crippen molar-refractivity contribution in [3.05, 3.63) is 48.3 Å². The lowest BCUT2D eigenvalue weighted by Crippen LogP contribution is -3.11. The molecule has 8 aliphatic rings. The lowest BCUT2D eigenvalue weighted by Gasteiger charge is -3.07. The summed E-state index contributed by atoms with van der Waals surface area (Å²) in [4.78, 5) is 20.1. The van der Waals surface area contributed by atoms with Crippen molar-refractivity contribution in [3.63, 3.8) is 0 Å². The van der Waals surface area contributed by atoms with Crippen LogP contribution in [0.15, 0.2) is 42.6 Å². The first kappa shape index (κ1) is 16.7. The molecule has 6 heteroatoms. The number of nitrogens with zero attached hydrogens (tertiary/aromatic N) is 4. The summed E-state index contributed by atoms with van der Waals surface area (Å²) in [5.41, 5.74) is 4.68. The van der Waals surface area contributed by atoms with Crippen LogP contribution in [0.3, 0.4) is 0 Å². The van der Waals surface area contributed by atoms with E-state index < -0.39 is 0 Å². The van der Waals surface area contributed by atoms with Gasteiger partial charge in [-0.05, 0) is 72.5 Å². The number of pyridine rings is 1. The van der Waals surface area contributed by atoms with Crippen molar-refractivity contribution >= 4 is 16.9 Å². The predicted octanol–water partition coefficient (Wildman–Crippen LogP) is 3.28. The predicted molar refractivity (Wildman–Crippen MR) is 121 cm³/mol. The van der Waals surface area contributed by atoms with Gasteiger partial charge in [0.1, 0.15) is 0 Å². The number of urea groups is 1. The fraction of sp³-hybridized carbons (Fsp3) is 0.519. The number of benzene rings is 1. The van der Waals surface area contributed by atoms with E-state index in [1.807, 2.05) is 18.3 Å². The summed E-state index contributed by atoms with van der Waals surface area (Å²) in [7, 11) is 0. The summed E-state index contributed by atoms with van der Waals surface area (Å²) < 4.78 is 2.18. The SMILES string of the molecule is O=C(NC12C3C4C5C3C1C5C42)N1CCC2(CCn3nc(-c4cnc5ccccc5c4)cc32)C1. The Hall–Kier alpha value is -2.89. The molecule has 6 saturated carbocycles. The minimum absolute atomic E-state index is 0.0545. The molecule has 1 unspecified atom stereocenters. The van der Waals surface area contributed by atoms with Crippen molar-refractivity contribution in [1.29, 1.82) is 0 Å². The van der Waals surface area contributed by atoms with Gasteiger partial charge in [0.15, 0.2) is 0 Å². The first-order valence-electron chi connectivity index (χ1n) is 12.7. The Morgan fingerprint density at radius 1 is 1.00 bits per heavy atom. The number of aromatic nitrogens is 3. The smallest absolute Gasteiger partial charge is 0.317 e. The Kier molecular flexibility index (Phi) is 2.43. The van der Waals surface area contributed by atoms with Crippen LogP contribution in [0.25, 0.3) is 22.2 Å². The number of aryl methyl sites for hydroxylation is 1. The minimum atomic E-state index is 0.0545. The molecule has 0 bridgehead atoms. The van der Waals surface area contributed by atoms with Crippen LogP contribution in [0.2, 0.25) is 0 Å². The number of para-hydroxylation sites is 1. The second-order valence-electron chi connectivity index (χ2n) is 12.0. The molecule has 1 aromatic carbocycles. The van der Waals surface area contributed by atoms with Gasteiger partial charge in [-0.3, -0.25) is 9.67 Å². The summed E-state index contributed by atoms with van der Waals surface area (Å²) in [5, 5.41) is 9.67. The molecule has 2 aliphatic heterocycles. The average Bonchev–Trinajstić information content (AvgIpc) is 3.56. The fourth-order valence-corrected chi connectivity index (χ4v) is 10.2. The number of carbonyl (C=O) groups is 1. The van der Waals surface area contributed by atoms with E-state index in [1.165, 1.54) is 5.69 Å². The second-order valence-corrected chi connectivity index (χ2v) is 12.0. The maximum Gasteiger partial charge on any atom is 0.317 e. The number of amides is 2. The van der Waals surface area contributed by atoms with Crippen LogP contribution in [-0.2, 0) is 12.0 Å². The maximum absolute atomic E-state index is 13.3. The Bertz CT molecular complexity index is 1390. The van der Waals surface area contributed by atoms with Crippen LogP contribution in [-0.4, -0.2) is 44.3 Å². The van der Waals surface area contributed by atoms with Crippen molar-refractivity contribution in [2.24, 2.45) is 41.4 Å². The molecule has 1 saturated heterocycles. The fourth-order valence-electron chi connectivity index (χ4n) is 10.2. The molecule has 33 heavy (non-hydrogen) atoms. The lowest BCUT2D eigenvalue weighted by atomic mass is 8.98. The van der Waals surface area contributed by atoms with Gasteiger partial charge in [-0.2, -0.15) is 5.10 Å². The van der Waals surface area contributed by atoms with Crippen molar-refractivity contribution in [2.45, 2.75) is 30.3 Å². The van der Waals surface area contributed by atoms with Crippen LogP contribution >= 0.6 is 0 Å². The summed E-state index contributed by atoms with van der Waals surface area (Å²) >= 11 is 0. The first-order chi connectivity index (χ1) is 16.2. The minimum Gasteiger partial charge on any atom is -0.332 e. The van der Waals surface area contributed by atoms with Gasteiger partial charge in [0, 0.05) is 47.9 Å². The number of nitrogens with one attached hydrogen (secondary N) is 1. The third kappa shape index (κ3) is 1.51. The van der Waals surface area contributed by atoms with Crippen LogP contribution < -0.4 is 5.32 Å². The Balaban J connectivity index is 0.926. The molecule has 2 aromatic heterocycles. The highest BCUT2D eigenvalue weighted by molar-refractivity contribution is 5.83. The Labute approximate surface area is 191 Å². The molecule has 11 rings (SSSR count). The summed E-state index contributed by atoms with van der Waals surface area (Å²) in [5.74, 6) is 6.66. The first-order valence-corrected chi connectivity index (χ1v) is 12.7. The summed E-state index contributed by atoms with van der Waals surface area (Å²) in [6.07, 6.45) is 4.06. The lowest BCUT2D eigenvalue weighted by molar-refractivity contribution is -0.577. The van der Waals surface area contributed by atoms with E-state index in [9.17, 15) is 4.79 Å². The zero-order valence-corrected chi connectivity index (χ0v) is 18.3. The third-order valence-electron chi connectivity index (χ3n) is 11.5. The molecule has 6 nitrogen and oxygen atoms in total. The topological polar surface area (TPSA) is 63.1 Å². The molecular formula is C27H25N5O. The molecule has 164 valence electrons. The second kappa shape index (κ2) is 4.82. The molecule has 1 spiro atoms. The van der Waals surface area contributed by atoms with Crippen LogP contribution in [0, 0.1) is 41.4 Å². The third-order valence-corrected chi connectivity index (χ3v) is 11.5. The molecule has 1 atom stereocenters. The van der Waals surface area contributed by atoms with Crippen molar-refractivity contribution < 1.29 is 4.79 Å². The molecular weight excluding hydrogens is 410 g/mol. The quantitative estimate of drug-likeness (QED) is 0.672. The van der Waals surface area contributed by atoms with E-state index in [0.717, 1.165) is 96.1 Å². The zero-order valence-electron chi connectivity index (χ0n) is 18.3. The standard InChI is InChI=1S/C27H25N5O/c33-25(29-27-22-19-18-20(22)24(27)21(18)23(19)27)31-7-5-26(12-31)6-8-32-17(26)10-16(30-32)14-9-13-3-1-2-4-15(13)28-11-14/h1-4,9-11,18-24H,5-8,12H2,(H,29,33). The molecule has 6 aliphatic carbocycles. The van der Waals surface area contributed by atoms with E-state index >= 15 is 0 Å². The van der Waals surface area contributed by atoms with Gasteiger partial charge in [-0.1, -0.05) is 18.2 Å². The van der Waals surface area contributed by atoms with Crippen molar-refractivity contribution in [1.82, 2.24) is 25.0 Å². The van der Waals surface area contributed by atoms with Gasteiger partial charge in [0.2, 0.25) is 0 Å². The summed E-state index contributed by atoms with van der Waals surface area (Å²) in [6, 6.07) is 12.9. The normalized spacial score (nSPS) is 45.6. The van der Waals surface area contributed by atoms with Gasteiger partial charge in [0.05, 0.1) is 16.7 Å². The van der Waals surface area contributed by atoms with E-state index in [1.54, 1.807) is 0 Å². The molecule has 2 amide bonds. The van der Waals surface area contributed by atoms with Gasteiger partial charge in [0.25, 0.3) is 0 Å². The number of hydrogen-bond acceptors (Lipinski definition) is 3. The Morgan fingerprint density at radius 3 is 2.64 bits per heavy atom. The van der Waals surface area contributed by atoms with Crippen molar-refractivity contribution in [3.8, 4) is 11.3 Å². The molecule has 3 aromatic rings. The van der Waals surface area contributed by atoms with Gasteiger partial charge >= 0.3 is 6.03 Å². The van der Waals surface area contributed by atoms with Gasteiger partial charge in [-0.25, -0.2) is 4.79 Å². The zero-order chi connectivity index (χ0) is 21.3. The monoisotopic (exact) mass is 435 g/mol. The molecule has 1 N–H and O–H groups in total. The van der Waals surface area contributed by atoms with E-state index in [4.69, 9.17) is 5.10 Å². The average molecular weight is 436 g/mol. The van der Waals surface area contributed by atoms with Crippen LogP contribution in [0.1, 0.15) is 18.5 Å². The highest BCUT2D eigenvalue weighted by Gasteiger charge is 3.04. The molecule has 0 radical (unpaired) electrons. The van der Waals surface area contributed by atoms with Crippen LogP contribution in [0.5, 0.6) is 0 Å². The highest BCUT2D eigenvalue weighted by atomic mass is 16.2. The number of hydrogen-bond donors (Lipinski definition) is 1. The number of fused-ring (bicyclic) bond motifs is 3. The summed E-state index contributed by atoms with van der Waals surface area (Å²) in [6.45, 7) is 2.63. The number of carbonyl (C=O) groups excluding carboxylic acids is 1. The van der Waals surface area contributed by atoms with Gasteiger partial charge in [-0.15, -0.1) is 0 Å². The van der Waals surface area contributed by atoms with E-state index in [2.05, 4.69) is 44.1 Å². The van der Waals surface area contributed by atoms with Crippen LogP contribution in [0.4, 0.5) is 4.79 Å². The highest BCUT2D eigenvalue weighted by Crippen LogP contribution is 3.02. The largest absolute Gasteiger partial charge is 0.332 e. The maximum atomic E-state index is 13.3. The van der Waals surface area contributed by atoms with E-state index in [0.29, 0.717) is 0 Å². The molecule has 4 heterocycles. The number of rotatable bonds is 2.